The molecule has 6 heteroatoms. The van der Waals surface area contributed by atoms with Crippen molar-refractivity contribution in [3.05, 3.63) is 58.6 Å². The first-order valence-corrected chi connectivity index (χ1v) is 8.05. The van der Waals surface area contributed by atoms with Crippen LogP contribution in [0.15, 0.2) is 53.0 Å². The van der Waals surface area contributed by atoms with Gasteiger partial charge >= 0.3 is 0 Å². The molecule has 2 rings (SSSR count). The summed E-state index contributed by atoms with van der Waals surface area (Å²) in [5, 5.41) is 8.54. The number of nitrogens with one attached hydrogen (secondary N) is 3. The summed E-state index contributed by atoms with van der Waals surface area (Å²) in [5.74, 6) is -0.339. The maximum atomic E-state index is 12.0. The van der Waals surface area contributed by atoms with Gasteiger partial charge in [-0.2, -0.15) is 0 Å². The fraction of sp³-hybridized carbons (Fsp3) is 0.176. The van der Waals surface area contributed by atoms with E-state index in [1.54, 1.807) is 24.3 Å². The highest BCUT2D eigenvalue weighted by atomic mass is 79.9. The van der Waals surface area contributed by atoms with Gasteiger partial charge in [-0.25, -0.2) is 0 Å². The van der Waals surface area contributed by atoms with Crippen LogP contribution in [-0.4, -0.2) is 24.9 Å². The Morgan fingerprint density at radius 1 is 1.04 bits per heavy atom. The van der Waals surface area contributed by atoms with Crippen molar-refractivity contribution in [2.24, 2.45) is 0 Å². The van der Waals surface area contributed by atoms with E-state index < -0.39 is 0 Å². The van der Waals surface area contributed by atoms with Crippen LogP contribution in [-0.2, 0) is 4.79 Å². The molecule has 0 bridgehead atoms. The molecule has 2 aromatic carbocycles. The predicted molar refractivity (Wildman–Crippen MR) is 95.7 cm³/mol. The Morgan fingerprint density at radius 2 is 1.78 bits per heavy atom. The van der Waals surface area contributed by atoms with Crippen LogP contribution in [0.5, 0.6) is 0 Å². The van der Waals surface area contributed by atoms with Crippen molar-refractivity contribution in [2.45, 2.75) is 6.92 Å². The number of anilines is 2. The van der Waals surface area contributed by atoms with E-state index in [0.29, 0.717) is 17.8 Å². The third-order valence-corrected chi connectivity index (χ3v) is 3.52. The second-order valence-electron chi connectivity index (χ2n) is 4.85. The largest absolute Gasteiger partial charge is 0.376 e. The number of amides is 2. The minimum Gasteiger partial charge on any atom is -0.376 e. The summed E-state index contributed by atoms with van der Waals surface area (Å²) in [4.78, 5) is 23.8. The summed E-state index contributed by atoms with van der Waals surface area (Å²) in [6.45, 7) is 2.56. The van der Waals surface area contributed by atoms with E-state index in [2.05, 4.69) is 31.9 Å². The van der Waals surface area contributed by atoms with Crippen LogP contribution in [0.25, 0.3) is 0 Å². The lowest BCUT2D eigenvalue weighted by atomic mass is 10.2. The topological polar surface area (TPSA) is 70.2 Å². The van der Waals surface area contributed by atoms with Crippen molar-refractivity contribution in [3.63, 3.8) is 0 Å². The van der Waals surface area contributed by atoms with Gasteiger partial charge in [-0.3, -0.25) is 9.59 Å². The average Bonchev–Trinajstić information content (AvgIpc) is 2.53. The van der Waals surface area contributed by atoms with Crippen LogP contribution in [0.1, 0.15) is 17.3 Å². The van der Waals surface area contributed by atoms with Gasteiger partial charge in [-0.1, -0.05) is 28.1 Å². The Morgan fingerprint density at radius 3 is 2.52 bits per heavy atom. The van der Waals surface area contributed by atoms with E-state index in [0.717, 1.165) is 10.2 Å². The highest BCUT2D eigenvalue weighted by Gasteiger charge is 2.07. The van der Waals surface area contributed by atoms with E-state index in [4.69, 9.17) is 0 Å². The molecule has 0 saturated heterocycles. The van der Waals surface area contributed by atoms with E-state index in [-0.39, 0.29) is 18.4 Å². The summed E-state index contributed by atoms with van der Waals surface area (Å²) in [7, 11) is 0. The second kappa shape index (κ2) is 8.33. The quantitative estimate of drug-likeness (QED) is 0.725. The van der Waals surface area contributed by atoms with Crippen LogP contribution < -0.4 is 16.0 Å². The Labute approximate surface area is 143 Å². The fourth-order valence-electron chi connectivity index (χ4n) is 1.99. The summed E-state index contributed by atoms with van der Waals surface area (Å²) in [6.07, 6.45) is 0. The molecule has 23 heavy (non-hydrogen) atoms. The van der Waals surface area contributed by atoms with Gasteiger partial charge in [-0.15, -0.1) is 0 Å². The Bertz CT molecular complexity index is 704. The smallest absolute Gasteiger partial charge is 0.251 e. The molecule has 0 unspecified atom stereocenters. The maximum absolute atomic E-state index is 12.0. The normalized spacial score (nSPS) is 10.0. The SMILES string of the molecule is CCNC(=O)c1cccc(NC(=O)CNc2cccc(Br)c2)c1. The van der Waals surface area contributed by atoms with Gasteiger partial charge in [0.1, 0.15) is 0 Å². The summed E-state index contributed by atoms with van der Waals surface area (Å²) in [5.41, 5.74) is 1.96. The van der Waals surface area contributed by atoms with E-state index in [1.165, 1.54) is 0 Å². The minimum atomic E-state index is -0.182. The molecule has 2 amide bonds. The predicted octanol–water partition coefficient (Wildman–Crippen LogP) is 3.25. The molecule has 0 atom stereocenters. The van der Waals surface area contributed by atoms with Gasteiger partial charge in [0.15, 0.2) is 0 Å². The van der Waals surface area contributed by atoms with Gasteiger partial charge in [0.2, 0.25) is 5.91 Å². The molecule has 0 radical (unpaired) electrons. The highest BCUT2D eigenvalue weighted by molar-refractivity contribution is 9.10. The van der Waals surface area contributed by atoms with Gasteiger partial charge < -0.3 is 16.0 Å². The maximum Gasteiger partial charge on any atom is 0.251 e. The van der Waals surface area contributed by atoms with Gasteiger partial charge in [0.25, 0.3) is 5.91 Å². The first-order valence-electron chi connectivity index (χ1n) is 7.26. The fourth-order valence-corrected chi connectivity index (χ4v) is 2.39. The number of carbonyl (C=O) groups excluding carboxylic acids is 2. The lowest BCUT2D eigenvalue weighted by Crippen LogP contribution is -2.24. The summed E-state index contributed by atoms with van der Waals surface area (Å²) >= 11 is 3.38. The van der Waals surface area contributed by atoms with Gasteiger partial charge in [-0.05, 0) is 43.3 Å². The van der Waals surface area contributed by atoms with Crippen LogP contribution in [0.2, 0.25) is 0 Å². The lowest BCUT2D eigenvalue weighted by Gasteiger charge is -2.09. The molecule has 0 saturated carbocycles. The number of hydrogen-bond donors (Lipinski definition) is 3. The number of hydrogen-bond acceptors (Lipinski definition) is 3. The molecule has 5 nitrogen and oxygen atoms in total. The van der Waals surface area contributed by atoms with Gasteiger partial charge in [0, 0.05) is 28.0 Å². The van der Waals surface area contributed by atoms with Crippen molar-refractivity contribution >= 4 is 39.1 Å². The van der Waals surface area contributed by atoms with E-state index in [1.807, 2.05) is 31.2 Å². The second-order valence-corrected chi connectivity index (χ2v) is 5.77. The molecule has 2 aromatic rings. The summed E-state index contributed by atoms with van der Waals surface area (Å²) in [6, 6.07) is 14.4. The van der Waals surface area contributed by atoms with Crippen molar-refractivity contribution in [1.82, 2.24) is 5.32 Å². The number of rotatable bonds is 6. The molecule has 3 N–H and O–H groups in total. The minimum absolute atomic E-state index is 0.141. The highest BCUT2D eigenvalue weighted by Crippen LogP contribution is 2.15. The molecule has 0 aromatic heterocycles. The van der Waals surface area contributed by atoms with Crippen molar-refractivity contribution in [1.29, 1.82) is 0 Å². The molecule has 120 valence electrons. The third kappa shape index (κ3) is 5.41. The van der Waals surface area contributed by atoms with E-state index >= 15 is 0 Å². The van der Waals surface area contributed by atoms with Crippen molar-refractivity contribution in [3.8, 4) is 0 Å². The van der Waals surface area contributed by atoms with Crippen molar-refractivity contribution < 1.29 is 9.59 Å². The summed E-state index contributed by atoms with van der Waals surface area (Å²) < 4.78 is 0.942. The Hall–Kier alpha value is -2.34. The zero-order valence-corrected chi connectivity index (χ0v) is 14.3. The third-order valence-electron chi connectivity index (χ3n) is 3.02. The molecule has 0 spiro atoms. The number of halogens is 1. The molecule has 0 aliphatic rings. The number of benzene rings is 2. The van der Waals surface area contributed by atoms with Crippen molar-refractivity contribution in [2.75, 3.05) is 23.7 Å². The molecular weight excluding hydrogens is 358 g/mol. The molecule has 0 fully saturated rings. The lowest BCUT2D eigenvalue weighted by molar-refractivity contribution is -0.114. The monoisotopic (exact) mass is 375 g/mol. The molecule has 0 aliphatic carbocycles. The van der Waals surface area contributed by atoms with Crippen LogP contribution in [0.4, 0.5) is 11.4 Å². The number of carbonyl (C=O) groups is 2. The van der Waals surface area contributed by atoms with Crippen LogP contribution in [0, 0.1) is 0 Å². The van der Waals surface area contributed by atoms with Crippen LogP contribution >= 0.6 is 15.9 Å². The Kier molecular flexibility index (Phi) is 6.17. The zero-order chi connectivity index (χ0) is 16.7. The average molecular weight is 376 g/mol. The Balaban J connectivity index is 1.92. The molecule has 0 heterocycles. The van der Waals surface area contributed by atoms with E-state index in [9.17, 15) is 9.59 Å². The zero-order valence-electron chi connectivity index (χ0n) is 12.7. The molecule has 0 aliphatic heterocycles. The van der Waals surface area contributed by atoms with Gasteiger partial charge in [0.05, 0.1) is 6.54 Å². The first-order chi connectivity index (χ1) is 11.1. The molecular formula is C17H18BrN3O2. The standard InChI is InChI=1S/C17H18BrN3O2/c1-2-19-17(23)12-5-3-8-15(9-12)21-16(22)11-20-14-7-4-6-13(18)10-14/h3-10,20H,2,11H2,1H3,(H,19,23)(H,21,22). The first kappa shape index (κ1) is 17.0. The van der Waals surface area contributed by atoms with Crippen LogP contribution in [0.3, 0.4) is 0 Å².